The maximum Gasteiger partial charge on any atom is 0.410 e. The molecule has 0 aliphatic carbocycles. The van der Waals surface area contributed by atoms with Crippen molar-refractivity contribution in [1.29, 1.82) is 0 Å². The number of carbonyl (C=O) groups excluding carboxylic acids is 2. The number of esters is 1. The molecule has 0 spiro atoms. The molecule has 28 heavy (non-hydrogen) atoms. The van der Waals surface area contributed by atoms with Crippen LogP contribution >= 0.6 is 0 Å². The molecule has 1 aromatic carbocycles. The van der Waals surface area contributed by atoms with Crippen LogP contribution in [0.4, 0.5) is 4.79 Å². The van der Waals surface area contributed by atoms with Crippen molar-refractivity contribution in [2.45, 2.75) is 69.5 Å². The van der Waals surface area contributed by atoms with Crippen LogP contribution in [-0.4, -0.2) is 69.4 Å². The van der Waals surface area contributed by atoms with E-state index >= 15 is 0 Å². The van der Waals surface area contributed by atoms with E-state index in [0.717, 1.165) is 5.56 Å². The Hall–Kier alpha value is -2.12. The zero-order valence-electron chi connectivity index (χ0n) is 16.6. The van der Waals surface area contributed by atoms with Crippen LogP contribution in [0.3, 0.4) is 0 Å². The topological polar surface area (TPSA) is 79.1 Å². The summed E-state index contributed by atoms with van der Waals surface area (Å²) in [4.78, 5) is 29.1. The molecule has 7 nitrogen and oxygen atoms in total. The number of aliphatic hydroxyl groups is 1. The van der Waals surface area contributed by atoms with Crippen molar-refractivity contribution in [1.82, 2.24) is 9.80 Å². The lowest BCUT2D eigenvalue weighted by molar-refractivity contribution is -0.159. The van der Waals surface area contributed by atoms with Crippen molar-refractivity contribution < 1.29 is 24.2 Å². The zero-order chi connectivity index (χ0) is 20.1. The van der Waals surface area contributed by atoms with Crippen LogP contribution in [0.2, 0.25) is 0 Å². The largest absolute Gasteiger partial charge is 0.459 e. The minimum atomic E-state index is -0.725. The monoisotopic (exact) mass is 388 g/mol. The molecule has 3 saturated heterocycles. The molecule has 4 rings (SSSR count). The number of carbonyl (C=O) groups is 2. The second-order valence-corrected chi connectivity index (χ2v) is 8.96. The Bertz CT molecular complexity index is 762. The van der Waals surface area contributed by atoms with Gasteiger partial charge < -0.3 is 19.5 Å². The predicted molar refractivity (Wildman–Crippen MR) is 101 cm³/mol. The molecule has 3 fully saturated rings. The maximum absolute atomic E-state index is 12.8. The van der Waals surface area contributed by atoms with Gasteiger partial charge in [0.25, 0.3) is 0 Å². The number of amides is 1. The fraction of sp³-hybridized carbons (Fsp3) is 0.619. The molecule has 5 unspecified atom stereocenters. The first-order chi connectivity index (χ1) is 13.2. The van der Waals surface area contributed by atoms with Crippen molar-refractivity contribution in [2.75, 3.05) is 13.1 Å². The van der Waals surface area contributed by atoms with Gasteiger partial charge in [0.1, 0.15) is 17.7 Å². The smallest absolute Gasteiger partial charge is 0.410 e. The number of ether oxygens (including phenoxy) is 2. The van der Waals surface area contributed by atoms with Gasteiger partial charge in [-0.3, -0.25) is 4.90 Å². The summed E-state index contributed by atoms with van der Waals surface area (Å²) in [6.07, 6.45) is -0.00725. The summed E-state index contributed by atoms with van der Waals surface area (Å²) in [7, 11) is 0. The molecule has 0 saturated carbocycles. The van der Waals surface area contributed by atoms with Gasteiger partial charge in [-0.15, -0.1) is 0 Å². The van der Waals surface area contributed by atoms with Crippen molar-refractivity contribution in [3.8, 4) is 0 Å². The maximum atomic E-state index is 12.8. The lowest BCUT2D eigenvalue weighted by Crippen LogP contribution is -2.43. The minimum Gasteiger partial charge on any atom is -0.459 e. The second kappa shape index (κ2) is 6.74. The van der Waals surface area contributed by atoms with Gasteiger partial charge in [-0.2, -0.15) is 0 Å². The van der Waals surface area contributed by atoms with E-state index in [1.807, 2.05) is 51.1 Å². The van der Waals surface area contributed by atoms with Crippen LogP contribution in [0.25, 0.3) is 0 Å². The summed E-state index contributed by atoms with van der Waals surface area (Å²) in [5.74, 6) is -0.258. The average Bonchev–Trinajstić information content (AvgIpc) is 3.21. The number of hydrogen-bond acceptors (Lipinski definition) is 6. The molecule has 0 radical (unpaired) electrons. The summed E-state index contributed by atoms with van der Waals surface area (Å²) < 4.78 is 11.1. The van der Waals surface area contributed by atoms with E-state index in [1.165, 1.54) is 0 Å². The molecule has 7 heteroatoms. The summed E-state index contributed by atoms with van der Waals surface area (Å²) >= 11 is 0. The molecule has 1 aromatic rings. The Labute approximate surface area is 165 Å². The Morgan fingerprint density at radius 1 is 1.25 bits per heavy atom. The van der Waals surface area contributed by atoms with E-state index in [0.29, 0.717) is 25.9 Å². The summed E-state index contributed by atoms with van der Waals surface area (Å²) in [6.45, 7) is 6.63. The standard InChI is InChI=1S/C21H28N2O5/c1-20(2,3)28-18(25)21-11-16(24)15-12-22(10-9-17(21)23(15)21)19(26)27-13-14-7-5-4-6-8-14/h4-8,15-17,24H,9-13H2,1-3H3. The Balaban J connectivity index is 1.40. The Kier molecular flexibility index (Phi) is 4.62. The van der Waals surface area contributed by atoms with E-state index in [-0.39, 0.29) is 30.8 Å². The lowest BCUT2D eigenvalue weighted by atomic mass is 9.95. The zero-order valence-corrected chi connectivity index (χ0v) is 16.6. The average molecular weight is 388 g/mol. The SMILES string of the molecule is CC(C)(C)OC(=O)C12CC(O)C3CN(C(=O)OCc4ccccc4)CCC1N32. The highest BCUT2D eigenvalue weighted by atomic mass is 16.6. The third-order valence-corrected chi connectivity index (χ3v) is 5.90. The second-order valence-electron chi connectivity index (χ2n) is 8.96. The van der Waals surface area contributed by atoms with Gasteiger partial charge in [-0.25, -0.2) is 9.59 Å². The van der Waals surface area contributed by atoms with Gasteiger partial charge in [0, 0.05) is 25.6 Å². The van der Waals surface area contributed by atoms with Crippen molar-refractivity contribution in [3.05, 3.63) is 35.9 Å². The van der Waals surface area contributed by atoms with Gasteiger partial charge in [-0.05, 0) is 32.8 Å². The van der Waals surface area contributed by atoms with Gasteiger partial charge in [0.15, 0.2) is 0 Å². The van der Waals surface area contributed by atoms with Crippen molar-refractivity contribution in [2.24, 2.45) is 0 Å². The van der Waals surface area contributed by atoms with Crippen molar-refractivity contribution in [3.63, 3.8) is 0 Å². The number of piperidine rings is 1. The van der Waals surface area contributed by atoms with Crippen LogP contribution < -0.4 is 0 Å². The van der Waals surface area contributed by atoms with E-state index in [2.05, 4.69) is 4.90 Å². The molecule has 3 heterocycles. The number of aliphatic hydroxyl groups excluding tert-OH is 1. The first kappa shape index (κ1) is 19.2. The van der Waals surface area contributed by atoms with E-state index in [9.17, 15) is 14.7 Å². The number of fused-ring (bicyclic) bond motifs is 1. The molecule has 152 valence electrons. The molecule has 3 aliphatic rings. The highest BCUT2D eigenvalue weighted by molar-refractivity contribution is 5.87. The highest BCUT2D eigenvalue weighted by Crippen LogP contribution is 2.57. The molecule has 1 amide bonds. The summed E-state index contributed by atoms with van der Waals surface area (Å²) in [6, 6.07) is 9.30. The van der Waals surface area contributed by atoms with E-state index in [4.69, 9.17) is 9.47 Å². The highest BCUT2D eigenvalue weighted by Gasteiger charge is 2.77. The Morgan fingerprint density at radius 3 is 2.64 bits per heavy atom. The van der Waals surface area contributed by atoms with Crippen LogP contribution in [0, 0.1) is 0 Å². The van der Waals surface area contributed by atoms with Gasteiger partial charge in [0.2, 0.25) is 0 Å². The number of benzene rings is 1. The molecular weight excluding hydrogens is 360 g/mol. The van der Waals surface area contributed by atoms with E-state index < -0.39 is 17.2 Å². The lowest BCUT2D eigenvalue weighted by Gasteiger charge is -2.25. The number of rotatable bonds is 3. The van der Waals surface area contributed by atoms with E-state index in [1.54, 1.807) is 4.90 Å². The quantitative estimate of drug-likeness (QED) is 0.630. The Morgan fingerprint density at radius 2 is 1.96 bits per heavy atom. The molecule has 5 atom stereocenters. The molecular formula is C21H28N2O5. The van der Waals surface area contributed by atoms with Crippen LogP contribution in [-0.2, 0) is 20.9 Å². The third kappa shape index (κ3) is 3.26. The fourth-order valence-electron chi connectivity index (χ4n) is 4.68. The minimum absolute atomic E-state index is 0.0164. The van der Waals surface area contributed by atoms with Crippen molar-refractivity contribution >= 4 is 12.1 Å². The first-order valence-corrected chi connectivity index (χ1v) is 9.88. The molecule has 1 N–H and O–H groups in total. The van der Waals surface area contributed by atoms with Gasteiger partial charge in [-0.1, -0.05) is 30.3 Å². The molecule has 3 aliphatic heterocycles. The first-order valence-electron chi connectivity index (χ1n) is 9.88. The molecule has 0 aromatic heterocycles. The van der Waals surface area contributed by atoms with Crippen LogP contribution in [0.15, 0.2) is 30.3 Å². The number of hydrogen-bond donors (Lipinski definition) is 1. The van der Waals surface area contributed by atoms with Crippen LogP contribution in [0.1, 0.15) is 39.2 Å². The molecule has 0 bridgehead atoms. The number of nitrogens with zero attached hydrogens (tertiary/aromatic N) is 2. The van der Waals surface area contributed by atoms with Gasteiger partial charge in [0.05, 0.1) is 12.1 Å². The summed E-state index contributed by atoms with van der Waals surface area (Å²) in [5.41, 5.74) is -0.357. The normalized spacial score (nSPS) is 33.6. The van der Waals surface area contributed by atoms with Gasteiger partial charge >= 0.3 is 12.1 Å². The van der Waals surface area contributed by atoms with Crippen LogP contribution in [0.5, 0.6) is 0 Å². The predicted octanol–water partition coefficient (Wildman–Crippen LogP) is 1.93. The summed E-state index contributed by atoms with van der Waals surface area (Å²) in [5, 5.41) is 10.6. The third-order valence-electron chi connectivity index (χ3n) is 5.90. The fourth-order valence-corrected chi connectivity index (χ4v) is 4.68.